The summed E-state index contributed by atoms with van der Waals surface area (Å²) in [6.45, 7) is 8.13. The maximum Gasteiger partial charge on any atom is 0.474 e. The third kappa shape index (κ3) is 6.54. The van der Waals surface area contributed by atoms with Crippen LogP contribution in [0.25, 0.3) is 0 Å². The molecule has 0 saturated carbocycles. The van der Waals surface area contributed by atoms with Gasteiger partial charge in [0.1, 0.15) is 0 Å². The highest BCUT2D eigenvalue weighted by Crippen LogP contribution is 2.49. The summed E-state index contributed by atoms with van der Waals surface area (Å²) in [4.78, 5) is 0. The van der Waals surface area contributed by atoms with Crippen LogP contribution in [0.5, 0.6) is 0 Å². The van der Waals surface area contributed by atoms with Crippen molar-refractivity contribution >= 4 is 19.4 Å². The molecule has 0 amide bonds. The van der Waals surface area contributed by atoms with Gasteiger partial charge in [0, 0.05) is 0 Å². The third-order valence-electron chi connectivity index (χ3n) is 1.69. The summed E-state index contributed by atoms with van der Waals surface area (Å²) in [5, 5.41) is -0.195. The van der Waals surface area contributed by atoms with Crippen molar-refractivity contribution in [3.63, 3.8) is 0 Å². The Kier molecular flexibility index (Phi) is 7.84. The first-order valence-corrected chi connectivity index (χ1v) is 7.02. The molecule has 6 heteroatoms. The molecule has 0 aliphatic rings. The van der Waals surface area contributed by atoms with Crippen molar-refractivity contribution in [2.24, 2.45) is 5.92 Å². The molecule has 0 aromatic rings. The van der Waals surface area contributed by atoms with Gasteiger partial charge in [-0.1, -0.05) is 13.8 Å². The quantitative estimate of drug-likeness (QED) is 0.494. The van der Waals surface area contributed by atoms with Gasteiger partial charge in [-0.3, -0.25) is 13.6 Å². The first-order chi connectivity index (χ1) is 6.95. The first kappa shape index (κ1) is 15.4. The Hall–Kier alpha value is 0.400. The minimum Gasteiger partial charge on any atom is -0.287 e. The van der Waals surface area contributed by atoms with Crippen molar-refractivity contribution in [1.82, 2.24) is 0 Å². The van der Waals surface area contributed by atoms with Gasteiger partial charge in [0.25, 0.3) is 0 Å². The van der Waals surface area contributed by atoms with Gasteiger partial charge in [0.05, 0.1) is 25.2 Å². The van der Waals surface area contributed by atoms with Crippen LogP contribution in [0.15, 0.2) is 0 Å². The Morgan fingerprint density at radius 2 is 1.60 bits per heavy atom. The van der Waals surface area contributed by atoms with Crippen LogP contribution in [-0.2, 0) is 18.1 Å². The largest absolute Gasteiger partial charge is 0.474 e. The van der Waals surface area contributed by atoms with Gasteiger partial charge in [0.2, 0.25) is 0 Å². The summed E-state index contributed by atoms with van der Waals surface area (Å²) in [6.07, 6.45) is 0. The maximum atomic E-state index is 11.8. The number of hydrogen-bond acceptors (Lipinski definition) is 4. The van der Waals surface area contributed by atoms with E-state index in [-0.39, 0.29) is 31.1 Å². The average Bonchev–Trinajstić information content (AvgIpc) is 2.15. The van der Waals surface area contributed by atoms with Gasteiger partial charge in [-0.05, 0) is 19.8 Å². The molecule has 0 saturated heterocycles. The molecule has 15 heavy (non-hydrogen) atoms. The summed E-state index contributed by atoms with van der Waals surface area (Å²) >= 11 is 5.96. The van der Waals surface area contributed by atoms with Crippen LogP contribution in [0.3, 0.4) is 0 Å². The number of hydrogen-bond donors (Lipinski definition) is 0. The highest BCUT2D eigenvalue weighted by atomic mass is 35.5. The molecule has 0 heterocycles. The van der Waals surface area contributed by atoms with Crippen molar-refractivity contribution < 1.29 is 18.1 Å². The number of halogens is 1. The molecule has 1 atom stereocenters. The molecule has 0 aromatic heterocycles. The minimum atomic E-state index is -3.40. The Morgan fingerprint density at radius 1 is 1.13 bits per heavy atom. The van der Waals surface area contributed by atoms with Crippen molar-refractivity contribution in [3.05, 3.63) is 0 Å². The Balaban J connectivity index is 4.12. The van der Waals surface area contributed by atoms with E-state index in [9.17, 15) is 4.57 Å². The Labute approximate surface area is 96.9 Å². The molecular weight excluding hydrogens is 239 g/mol. The molecule has 0 N–H and O–H groups in total. The van der Waals surface area contributed by atoms with E-state index in [4.69, 9.17) is 25.2 Å². The van der Waals surface area contributed by atoms with Crippen LogP contribution in [-0.4, -0.2) is 25.2 Å². The molecule has 0 spiro atoms. The van der Waals surface area contributed by atoms with Crippen LogP contribution in [0.4, 0.5) is 0 Å². The van der Waals surface area contributed by atoms with E-state index >= 15 is 0 Å². The van der Waals surface area contributed by atoms with Gasteiger partial charge in [-0.15, -0.1) is 11.6 Å². The molecule has 1 unspecified atom stereocenters. The average molecular weight is 259 g/mol. The van der Waals surface area contributed by atoms with E-state index in [0.717, 1.165) is 0 Å². The normalized spacial score (nSPS) is 14.5. The van der Waals surface area contributed by atoms with Crippen LogP contribution in [0.2, 0.25) is 0 Å². The van der Waals surface area contributed by atoms with Gasteiger partial charge in [0.15, 0.2) is 0 Å². The zero-order chi connectivity index (χ0) is 11.9. The predicted molar refractivity (Wildman–Crippen MR) is 61.3 cm³/mol. The minimum absolute atomic E-state index is 0.163. The monoisotopic (exact) mass is 258 g/mol. The summed E-state index contributed by atoms with van der Waals surface area (Å²) in [6, 6.07) is 0. The number of rotatable bonds is 8. The summed E-state index contributed by atoms with van der Waals surface area (Å²) in [5.41, 5.74) is 0. The third-order valence-corrected chi connectivity index (χ3v) is 3.93. The fourth-order valence-electron chi connectivity index (χ4n) is 0.783. The van der Waals surface area contributed by atoms with Crippen LogP contribution < -0.4 is 0 Å². The molecule has 0 aromatic carbocycles. The standard InChI is InChI=1S/C9H20ClO4P/c1-5-12-15(11,13-6-2)14-7-9(10)8(3)4/h8-9H,5-7H2,1-4H3. The molecule has 0 aliphatic heterocycles. The summed E-state index contributed by atoms with van der Waals surface area (Å²) in [7, 11) is -3.40. The highest BCUT2D eigenvalue weighted by molar-refractivity contribution is 7.48. The lowest BCUT2D eigenvalue weighted by Gasteiger charge is -2.19. The van der Waals surface area contributed by atoms with E-state index in [1.807, 2.05) is 13.8 Å². The number of alkyl halides is 1. The maximum absolute atomic E-state index is 11.8. The van der Waals surface area contributed by atoms with Crippen molar-refractivity contribution in [1.29, 1.82) is 0 Å². The molecule has 0 rings (SSSR count). The summed E-state index contributed by atoms with van der Waals surface area (Å²) in [5.74, 6) is 0.253. The van der Waals surface area contributed by atoms with Gasteiger partial charge in [-0.2, -0.15) is 0 Å². The van der Waals surface area contributed by atoms with E-state index in [2.05, 4.69) is 0 Å². The van der Waals surface area contributed by atoms with E-state index < -0.39 is 7.82 Å². The molecule has 0 fully saturated rings. The molecule has 4 nitrogen and oxygen atoms in total. The second-order valence-corrected chi connectivity index (χ2v) is 5.57. The van der Waals surface area contributed by atoms with Crippen LogP contribution in [0.1, 0.15) is 27.7 Å². The fourth-order valence-corrected chi connectivity index (χ4v) is 2.13. The predicted octanol–water partition coefficient (Wildman–Crippen LogP) is 3.45. The lowest BCUT2D eigenvalue weighted by Crippen LogP contribution is -2.15. The lowest BCUT2D eigenvalue weighted by atomic mass is 10.1. The van der Waals surface area contributed by atoms with Gasteiger partial charge in [-0.25, -0.2) is 4.57 Å². The lowest BCUT2D eigenvalue weighted by molar-refractivity contribution is 0.118. The molecular formula is C9H20ClO4P. The van der Waals surface area contributed by atoms with Crippen molar-refractivity contribution in [3.8, 4) is 0 Å². The first-order valence-electron chi connectivity index (χ1n) is 5.13. The molecule has 0 aliphatic carbocycles. The molecule has 0 bridgehead atoms. The Morgan fingerprint density at radius 3 is 1.93 bits per heavy atom. The topological polar surface area (TPSA) is 44.8 Å². The molecule has 92 valence electrons. The zero-order valence-corrected chi connectivity index (χ0v) is 11.4. The second-order valence-electron chi connectivity index (χ2n) is 3.34. The zero-order valence-electron chi connectivity index (χ0n) is 9.73. The van der Waals surface area contributed by atoms with Crippen molar-refractivity contribution in [2.75, 3.05) is 19.8 Å². The molecule has 0 radical (unpaired) electrons. The van der Waals surface area contributed by atoms with Gasteiger partial charge >= 0.3 is 7.82 Å². The SMILES string of the molecule is CCOP(=O)(OCC)OCC(Cl)C(C)C. The smallest absolute Gasteiger partial charge is 0.287 e. The number of phosphoric acid groups is 1. The summed E-state index contributed by atoms with van der Waals surface area (Å²) < 4.78 is 26.8. The van der Waals surface area contributed by atoms with Crippen LogP contribution >= 0.6 is 19.4 Å². The van der Waals surface area contributed by atoms with E-state index in [1.54, 1.807) is 13.8 Å². The van der Waals surface area contributed by atoms with Gasteiger partial charge < -0.3 is 0 Å². The fraction of sp³-hybridized carbons (Fsp3) is 1.00. The Bertz CT molecular complexity index is 200. The van der Waals surface area contributed by atoms with Crippen LogP contribution in [0, 0.1) is 5.92 Å². The van der Waals surface area contributed by atoms with Crippen molar-refractivity contribution in [2.45, 2.75) is 33.1 Å². The number of phosphoric ester groups is 1. The highest BCUT2D eigenvalue weighted by Gasteiger charge is 2.27. The second kappa shape index (κ2) is 7.64. The van der Waals surface area contributed by atoms with E-state index in [1.165, 1.54) is 0 Å². The van der Waals surface area contributed by atoms with E-state index in [0.29, 0.717) is 0 Å².